The maximum atomic E-state index is 13.0. The van der Waals surface area contributed by atoms with Crippen LogP contribution in [0.5, 0.6) is 5.75 Å². The van der Waals surface area contributed by atoms with Crippen molar-refractivity contribution in [3.8, 4) is 5.75 Å². The minimum atomic E-state index is -0.238. The fourth-order valence-corrected chi connectivity index (χ4v) is 2.55. The molecule has 0 bridgehead atoms. The van der Waals surface area contributed by atoms with Gasteiger partial charge < -0.3 is 10.1 Å². The van der Waals surface area contributed by atoms with Crippen LogP contribution in [-0.2, 0) is 6.54 Å². The Morgan fingerprint density at radius 2 is 2.00 bits per heavy atom. The molecule has 0 heterocycles. The molecule has 0 aliphatic rings. The highest BCUT2D eigenvalue weighted by molar-refractivity contribution is 9.10. The van der Waals surface area contributed by atoms with Crippen LogP contribution in [0.15, 0.2) is 46.9 Å². The molecule has 0 fully saturated rings. The minimum absolute atomic E-state index is 0.142. The fraction of sp³-hybridized carbons (Fsp3) is 0.250. The first-order chi connectivity index (χ1) is 9.61. The highest BCUT2D eigenvalue weighted by Gasteiger charge is 2.11. The Balaban J connectivity index is 2.06. The van der Waals surface area contributed by atoms with E-state index in [4.69, 9.17) is 4.74 Å². The first kappa shape index (κ1) is 15.0. The molecule has 2 rings (SSSR count). The fourth-order valence-electron chi connectivity index (χ4n) is 2.06. The summed E-state index contributed by atoms with van der Waals surface area (Å²) in [4.78, 5) is 0. The Labute approximate surface area is 127 Å². The van der Waals surface area contributed by atoms with Crippen LogP contribution < -0.4 is 10.1 Å². The Morgan fingerprint density at radius 1 is 1.25 bits per heavy atom. The second kappa shape index (κ2) is 6.86. The number of halogens is 2. The van der Waals surface area contributed by atoms with Gasteiger partial charge in [0.25, 0.3) is 0 Å². The smallest absolute Gasteiger partial charge is 0.124 e. The van der Waals surface area contributed by atoms with Crippen LogP contribution in [0.25, 0.3) is 0 Å². The number of methoxy groups -OCH3 is 1. The predicted molar refractivity (Wildman–Crippen MR) is 82.3 cm³/mol. The van der Waals surface area contributed by atoms with Crippen LogP contribution in [0.2, 0.25) is 0 Å². The van der Waals surface area contributed by atoms with E-state index in [1.54, 1.807) is 13.2 Å². The molecule has 1 atom stereocenters. The summed E-state index contributed by atoms with van der Waals surface area (Å²) >= 11 is 3.38. The van der Waals surface area contributed by atoms with Gasteiger partial charge in [-0.3, -0.25) is 0 Å². The lowest BCUT2D eigenvalue weighted by molar-refractivity contribution is 0.401. The minimum Gasteiger partial charge on any atom is -0.496 e. The van der Waals surface area contributed by atoms with Gasteiger partial charge in [0.2, 0.25) is 0 Å². The molecule has 0 aromatic heterocycles. The Kier molecular flexibility index (Phi) is 5.15. The number of ether oxygens (including phenoxy) is 1. The molecule has 0 amide bonds. The quantitative estimate of drug-likeness (QED) is 0.870. The van der Waals surface area contributed by atoms with Gasteiger partial charge in [-0.15, -0.1) is 0 Å². The molecule has 2 nitrogen and oxygen atoms in total. The van der Waals surface area contributed by atoms with Crippen LogP contribution >= 0.6 is 15.9 Å². The van der Waals surface area contributed by atoms with E-state index in [2.05, 4.69) is 28.2 Å². The molecule has 1 N–H and O–H groups in total. The van der Waals surface area contributed by atoms with Crippen molar-refractivity contribution in [3.63, 3.8) is 0 Å². The number of para-hydroxylation sites is 1. The zero-order valence-electron chi connectivity index (χ0n) is 11.5. The molecule has 0 unspecified atom stereocenters. The largest absolute Gasteiger partial charge is 0.496 e. The van der Waals surface area contributed by atoms with Gasteiger partial charge in [0, 0.05) is 22.6 Å². The summed E-state index contributed by atoms with van der Waals surface area (Å²) in [6.07, 6.45) is 0. The van der Waals surface area contributed by atoms with Crippen molar-refractivity contribution in [2.24, 2.45) is 0 Å². The molecule has 0 aliphatic carbocycles. The lowest BCUT2D eigenvalue weighted by Crippen LogP contribution is -2.19. The van der Waals surface area contributed by atoms with Gasteiger partial charge in [-0.2, -0.15) is 0 Å². The van der Waals surface area contributed by atoms with E-state index in [0.29, 0.717) is 6.54 Å². The average Bonchev–Trinajstić information content (AvgIpc) is 2.46. The maximum Gasteiger partial charge on any atom is 0.124 e. The Bertz CT molecular complexity index is 588. The number of hydrogen-bond donors (Lipinski definition) is 1. The van der Waals surface area contributed by atoms with Crippen molar-refractivity contribution in [1.82, 2.24) is 5.32 Å². The van der Waals surface area contributed by atoms with E-state index >= 15 is 0 Å². The van der Waals surface area contributed by atoms with E-state index in [0.717, 1.165) is 21.3 Å². The van der Waals surface area contributed by atoms with E-state index < -0.39 is 0 Å². The van der Waals surface area contributed by atoms with Gasteiger partial charge in [0.1, 0.15) is 11.6 Å². The highest BCUT2D eigenvalue weighted by atomic mass is 79.9. The van der Waals surface area contributed by atoms with Gasteiger partial charge in [-0.1, -0.05) is 40.2 Å². The van der Waals surface area contributed by atoms with E-state index in [1.807, 2.05) is 24.3 Å². The molecule has 2 aromatic rings. The van der Waals surface area contributed by atoms with Crippen LogP contribution in [0.4, 0.5) is 4.39 Å². The number of benzene rings is 2. The van der Waals surface area contributed by atoms with Crippen LogP contribution in [0, 0.1) is 5.82 Å². The third-order valence-corrected chi connectivity index (χ3v) is 3.96. The van der Waals surface area contributed by atoms with Crippen molar-refractivity contribution >= 4 is 15.9 Å². The van der Waals surface area contributed by atoms with E-state index in [-0.39, 0.29) is 11.9 Å². The number of rotatable bonds is 5. The molecular formula is C16H17BrFNO. The molecule has 0 radical (unpaired) electrons. The van der Waals surface area contributed by atoms with Gasteiger partial charge >= 0.3 is 0 Å². The topological polar surface area (TPSA) is 21.3 Å². The maximum absolute atomic E-state index is 13.0. The molecule has 0 saturated carbocycles. The van der Waals surface area contributed by atoms with Crippen molar-refractivity contribution in [2.75, 3.05) is 7.11 Å². The molecule has 0 spiro atoms. The molecule has 20 heavy (non-hydrogen) atoms. The third kappa shape index (κ3) is 3.58. The third-order valence-electron chi connectivity index (χ3n) is 3.22. The van der Waals surface area contributed by atoms with Gasteiger partial charge in [0.15, 0.2) is 0 Å². The van der Waals surface area contributed by atoms with E-state index in [1.165, 1.54) is 12.1 Å². The van der Waals surface area contributed by atoms with Crippen molar-refractivity contribution in [3.05, 3.63) is 63.9 Å². The second-order valence-corrected chi connectivity index (χ2v) is 5.43. The van der Waals surface area contributed by atoms with Crippen LogP contribution in [-0.4, -0.2) is 7.11 Å². The summed E-state index contributed by atoms with van der Waals surface area (Å²) in [5.74, 6) is 0.629. The van der Waals surface area contributed by atoms with E-state index in [9.17, 15) is 4.39 Å². The molecule has 2 aromatic carbocycles. The van der Waals surface area contributed by atoms with Crippen molar-refractivity contribution in [1.29, 1.82) is 0 Å². The predicted octanol–water partition coefficient (Wildman–Crippen LogP) is 4.45. The lowest BCUT2D eigenvalue weighted by atomic mass is 10.1. The van der Waals surface area contributed by atoms with Crippen LogP contribution in [0.1, 0.15) is 24.1 Å². The summed E-state index contributed by atoms with van der Waals surface area (Å²) in [6, 6.07) is 12.8. The summed E-state index contributed by atoms with van der Waals surface area (Å²) in [7, 11) is 1.67. The molecule has 4 heteroatoms. The average molecular weight is 338 g/mol. The van der Waals surface area contributed by atoms with Crippen molar-refractivity contribution < 1.29 is 9.13 Å². The summed E-state index contributed by atoms with van der Waals surface area (Å²) < 4.78 is 19.2. The molecule has 0 aliphatic heterocycles. The number of hydrogen-bond acceptors (Lipinski definition) is 2. The monoisotopic (exact) mass is 337 g/mol. The standard InChI is InChI=1S/C16H17BrFNO/c1-11(14-5-3-4-6-16(14)20-2)19-10-12-7-8-13(18)9-15(12)17/h3-9,11,19H,10H2,1-2H3/t11-/m0/s1. The molecule has 106 valence electrons. The normalized spacial score (nSPS) is 12.2. The lowest BCUT2D eigenvalue weighted by Gasteiger charge is -2.17. The first-order valence-corrected chi connectivity index (χ1v) is 7.21. The molecular weight excluding hydrogens is 321 g/mol. The van der Waals surface area contributed by atoms with Crippen molar-refractivity contribution in [2.45, 2.75) is 19.5 Å². The highest BCUT2D eigenvalue weighted by Crippen LogP contribution is 2.25. The summed E-state index contributed by atoms with van der Waals surface area (Å²) in [5, 5.41) is 3.42. The first-order valence-electron chi connectivity index (χ1n) is 6.42. The zero-order valence-corrected chi connectivity index (χ0v) is 13.1. The Morgan fingerprint density at radius 3 is 2.70 bits per heavy atom. The Hall–Kier alpha value is -1.39. The van der Waals surface area contributed by atoms with Gasteiger partial charge in [-0.05, 0) is 30.7 Å². The molecule has 0 saturated heterocycles. The zero-order chi connectivity index (χ0) is 14.5. The summed E-state index contributed by atoms with van der Waals surface area (Å²) in [6.45, 7) is 2.73. The van der Waals surface area contributed by atoms with Gasteiger partial charge in [-0.25, -0.2) is 4.39 Å². The van der Waals surface area contributed by atoms with Gasteiger partial charge in [0.05, 0.1) is 7.11 Å². The van der Waals surface area contributed by atoms with Crippen LogP contribution in [0.3, 0.4) is 0 Å². The SMILES string of the molecule is COc1ccccc1[C@H](C)NCc1ccc(F)cc1Br. The second-order valence-electron chi connectivity index (χ2n) is 4.58. The summed E-state index contributed by atoms with van der Waals surface area (Å²) in [5.41, 5.74) is 2.13. The number of nitrogens with one attached hydrogen (secondary N) is 1.